The molecule has 0 saturated heterocycles. The minimum Gasteiger partial charge on any atom is -0.497 e. The van der Waals surface area contributed by atoms with Crippen molar-refractivity contribution in [2.24, 2.45) is 4.99 Å². The molecule has 250 valence electrons. The second-order valence-corrected chi connectivity index (χ2v) is 11.8. The fourth-order valence-corrected chi connectivity index (χ4v) is 6.00. The molecule has 0 radical (unpaired) electrons. The van der Waals surface area contributed by atoms with Crippen LogP contribution in [0.15, 0.2) is 132 Å². The molecule has 1 amide bonds. The number of aliphatic hydroxyl groups excluding tert-OH is 1. The maximum absolute atomic E-state index is 14.7. The van der Waals surface area contributed by atoms with Crippen molar-refractivity contribution in [2.75, 3.05) is 27.4 Å². The summed E-state index contributed by atoms with van der Waals surface area (Å²) >= 11 is 0. The number of carbonyl (C=O) groups excluding carboxylic acids is 1. The number of nitrogens with one attached hydrogen (secondary N) is 1. The van der Waals surface area contributed by atoms with E-state index in [9.17, 15) is 4.79 Å². The van der Waals surface area contributed by atoms with Crippen LogP contribution < -0.4 is 19.5 Å². The van der Waals surface area contributed by atoms with Crippen LogP contribution in [0.25, 0.3) is 11.1 Å². The van der Waals surface area contributed by atoms with Crippen molar-refractivity contribution in [1.29, 1.82) is 0 Å². The topological polar surface area (TPSA) is 98.6 Å². The van der Waals surface area contributed by atoms with Gasteiger partial charge in [0, 0.05) is 43.2 Å². The van der Waals surface area contributed by atoms with Crippen LogP contribution in [0.4, 0.5) is 0 Å². The zero-order valence-corrected chi connectivity index (χ0v) is 27.7. The highest BCUT2D eigenvalue weighted by Gasteiger charge is 2.53. The molecule has 0 unspecified atom stereocenters. The van der Waals surface area contributed by atoms with Crippen LogP contribution in [0.5, 0.6) is 17.2 Å². The summed E-state index contributed by atoms with van der Waals surface area (Å²) in [6.07, 6.45) is 0.115. The van der Waals surface area contributed by atoms with Gasteiger partial charge >= 0.3 is 0 Å². The van der Waals surface area contributed by atoms with Gasteiger partial charge in [-0.05, 0) is 58.7 Å². The molecular formula is C41H40N2O6. The minimum absolute atomic E-state index is 0.0628. The molecule has 8 nitrogen and oxygen atoms in total. The van der Waals surface area contributed by atoms with E-state index in [4.69, 9.17) is 29.0 Å². The lowest BCUT2D eigenvalue weighted by Crippen LogP contribution is -2.49. The van der Waals surface area contributed by atoms with Crippen LogP contribution in [0.2, 0.25) is 0 Å². The monoisotopic (exact) mass is 656 g/mol. The quantitative estimate of drug-likeness (QED) is 0.126. The summed E-state index contributed by atoms with van der Waals surface area (Å²) < 4.78 is 23.5. The van der Waals surface area contributed by atoms with E-state index >= 15 is 0 Å². The molecule has 49 heavy (non-hydrogen) atoms. The van der Waals surface area contributed by atoms with E-state index in [-0.39, 0.29) is 19.1 Å². The SMILES string of the molecule is COc1ccc(CNC(=O)[C@]2(Cc3ccccc3)N=C(c3ccc(OCCCO)cc3)O[C@@H]2c2ccc(-c3ccccc3)cc2)c(OC)c1. The second kappa shape index (κ2) is 15.5. The first-order chi connectivity index (χ1) is 24.0. The average Bonchev–Trinajstić information content (AvgIpc) is 3.55. The van der Waals surface area contributed by atoms with E-state index in [1.807, 2.05) is 97.1 Å². The molecule has 0 aliphatic carbocycles. The zero-order valence-electron chi connectivity index (χ0n) is 27.7. The van der Waals surface area contributed by atoms with E-state index in [1.54, 1.807) is 20.3 Å². The lowest BCUT2D eigenvalue weighted by molar-refractivity contribution is -0.129. The van der Waals surface area contributed by atoms with Crippen LogP contribution in [-0.2, 0) is 22.5 Å². The number of aliphatic hydroxyl groups is 1. The Morgan fingerprint density at radius 3 is 2.12 bits per heavy atom. The van der Waals surface area contributed by atoms with E-state index < -0.39 is 11.6 Å². The van der Waals surface area contributed by atoms with Gasteiger partial charge in [-0.25, -0.2) is 4.99 Å². The molecule has 0 aromatic heterocycles. The number of hydrogen-bond acceptors (Lipinski definition) is 7. The highest BCUT2D eigenvalue weighted by atomic mass is 16.5. The third-order valence-corrected chi connectivity index (χ3v) is 8.60. The smallest absolute Gasteiger partial charge is 0.252 e. The summed E-state index contributed by atoms with van der Waals surface area (Å²) in [6.45, 7) is 0.688. The number of methoxy groups -OCH3 is 2. The fraction of sp³-hybridized carbons (Fsp3) is 0.220. The number of nitrogens with zero attached hydrogens (tertiary/aromatic N) is 1. The maximum Gasteiger partial charge on any atom is 0.252 e. The minimum atomic E-state index is -1.35. The van der Waals surface area contributed by atoms with Crippen LogP contribution in [0.3, 0.4) is 0 Å². The van der Waals surface area contributed by atoms with E-state index in [1.165, 1.54) is 0 Å². The van der Waals surface area contributed by atoms with Crippen molar-refractivity contribution >= 4 is 11.8 Å². The first-order valence-corrected chi connectivity index (χ1v) is 16.3. The first kappa shape index (κ1) is 33.3. The molecule has 1 aliphatic heterocycles. The van der Waals surface area contributed by atoms with E-state index in [2.05, 4.69) is 29.6 Å². The molecule has 1 aliphatic rings. The Bertz CT molecular complexity index is 1860. The number of carbonyl (C=O) groups is 1. The Morgan fingerprint density at radius 2 is 1.45 bits per heavy atom. The average molecular weight is 657 g/mol. The zero-order chi connectivity index (χ0) is 34.1. The summed E-state index contributed by atoms with van der Waals surface area (Å²) in [5.74, 6) is 2.04. The van der Waals surface area contributed by atoms with Crippen molar-refractivity contribution in [2.45, 2.75) is 31.0 Å². The highest BCUT2D eigenvalue weighted by molar-refractivity contribution is 6.01. The van der Waals surface area contributed by atoms with Gasteiger partial charge in [0.05, 0.1) is 20.8 Å². The van der Waals surface area contributed by atoms with Gasteiger partial charge in [-0.2, -0.15) is 0 Å². The highest BCUT2D eigenvalue weighted by Crippen LogP contribution is 2.43. The normalized spacial score (nSPS) is 16.7. The predicted octanol–water partition coefficient (Wildman–Crippen LogP) is 6.95. The molecule has 1 heterocycles. The molecule has 8 heteroatoms. The van der Waals surface area contributed by atoms with Gasteiger partial charge in [-0.3, -0.25) is 4.79 Å². The molecule has 5 aromatic carbocycles. The van der Waals surface area contributed by atoms with Gasteiger partial charge in [0.2, 0.25) is 5.90 Å². The molecule has 0 saturated carbocycles. The van der Waals surface area contributed by atoms with E-state index in [0.717, 1.165) is 33.4 Å². The number of hydrogen-bond donors (Lipinski definition) is 2. The van der Waals surface area contributed by atoms with Crippen LogP contribution in [-0.4, -0.2) is 49.9 Å². The van der Waals surface area contributed by atoms with Gasteiger partial charge < -0.3 is 29.4 Å². The Kier molecular flexibility index (Phi) is 10.6. The number of aliphatic imine (C=N–C) groups is 1. The van der Waals surface area contributed by atoms with E-state index in [0.29, 0.717) is 42.6 Å². The number of amides is 1. The number of ether oxygens (including phenoxy) is 4. The lowest BCUT2D eigenvalue weighted by atomic mass is 9.81. The van der Waals surface area contributed by atoms with Gasteiger partial charge in [-0.1, -0.05) is 84.9 Å². The van der Waals surface area contributed by atoms with Crippen LogP contribution in [0.1, 0.15) is 34.8 Å². The molecular weight excluding hydrogens is 616 g/mol. The van der Waals surface area contributed by atoms with Gasteiger partial charge in [0.25, 0.3) is 5.91 Å². The molecule has 0 fully saturated rings. The van der Waals surface area contributed by atoms with Gasteiger partial charge in [0.1, 0.15) is 17.2 Å². The third-order valence-electron chi connectivity index (χ3n) is 8.60. The first-order valence-electron chi connectivity index (χ1n) is 16.3. The molecule has 2 N–H and O–H groups in total. The van der Waals surface area contributed by atoms with Crippen LogP contribution in [0, 0.1) is 0 Å². The van der Waals surface area contributed by atoms with Crippen LogP contribution >= 0.6 is 0 Å². The van der Waals surface area contributed by atoms with Crippen molar-refractivity contribution in [3.63, 3.8) is 0 Å². The summed E-state index contributed by atoms with van der Waals surface area (Å²) in [5.41, 5.74) is 4.12. The summed E-state index contributed by atoms with van der Waals surface area (Å²) in [6, 6.07) is 41.1. The Balaban J connectivity index is 1.39. The van der Waals surface area contributed by atoms with Crippen molar-refractivity contribution in [3.05, 3.63) is 150 Å². The Hall–Kier alpha value is -5.60. The Morgan fingerprint density at radius 1 is 0.796 bits per heavy atom. The Labute approximate surface area is 287 Å². The molecule has 0 bridgehead atoms. The number of benzene rings is 5. The van der Waals surface area contributed by atoms with Gasteiger partial charge in [0.15, 0.2) is 11.6 Å². The van der Waals surface area contributed by atoms with Crippen molar-refractivity contribution < 1.29 is 28.8 Å². The third kappa shape index (κ3) is 7.60. The molecule has 2 atom stereocenters. The van der Waals surface area contributed by atoms with Crippen molar-refractivity contribution in [3.8, 4) is 28.4 Å². The molecule has 6 rings (SSSR count). The maximum atomic E-state index is 14.7. The predicted molar refractivity (Wildman–Crippen MR) is 190 cm³/mol. The van der Waals surface area contributed by atoms with Crippen molar-refractivity contribution in [1.82, 2.24) is 5.32 Å². The fourth-order valence-electron chi connectivity index (χ4n) is 6.00. The second-order valence-electron chi connectivity index (χ2n) is 11.8. The number of rotatable bonds is 14. The van der Waals surface area contributed by atoms with Gasteiger partial charge in [-0.15, -0.1) is 0 Å². The standard InChI is InChI=1S/C41H40N2O6/c1-46-36-23-20-34(37(26-36)47-2)28-42-40(45)41(27-29-10-5-3-6-11-29)38(32-16-14-31(15-17-32)30-12-7-4-8-13-30)49-39(43-41)33-18-21-35(22-19-33)48-25-9-24-44/h3-8,10-23,26,38,44H,9,24-25,27-28H2,1-2H3,(H,42,45)/t38-,41-/m1/s1. The summed E-state index contributed by atoms with van der Waals surface area (Å²) in [4.78, 5) is 19.9. The summed E-state index contributed by atoms with van der Waals surface area (Å²) in [7, 11) is 3.19. The summed E-state index contributed by atoms with van der Waals surface area (Å²) in [5, 5.41) is 12.3. The largest absolute Gasteiger partial charge is 0.497 e. The lowest BCUT2D eigenvalue weighted by Gasteiger charge is -2.31. The molecule has 0 spiro atoms. The molecule has 5 aromatic rings.